The van der Waals surface area contributed by atoms with Gasteiger partial charge in [-0.15, -0.1) is 0 Å². The molecular formula is C13H19N3O3S. The molecule has 1 aromatic rings. The molecule has 1 heterocycles. The summed E-state index contributed by atoms with van der Waals surface area (Å²) in [5.74, 6) is -0.886. The molecule has 0 bridgehead atoms. The lowest BCUT2D eigenvalue weighted by molar-refractivity contribution is -0.127. The molecule has 20 heavy (non-hydrogen) atoms. The lowest BCUT2D eigenvalue weighted by Gasteiger charge is -2.16. The maximum Gasteiger partial charge on any atom is 0.239 e. The van der Waals surface area contributed by atoms with Crippen molar-refractivity contribution in [1.29, 1.82) is 0 Å². The molecule has 0 unspecified atom stereocenters. The summed E-state index contributed by atoms with van der Waals surface area (Å²) in [4.78, 5) is 13.5. The molecule has 3 N–H and O–H groups in total. The molecule has 0 spiro atoms. The first-order valence-corrected chi connectivity index (χ1v) is 8.07. The fourth-order valence-corrected chi connectivity index (χ4v) is 3.06. The first kappa shape index (κ1) is 15.0. The predicted octanol–water partition coefficient (Wildman–Crippen LogP) is -0.511. The van der Waals surface area contributed by atoms with Crippen LogP contribution in [0, 0.1) is 0 Å². The van der Waals surface area contributed by atoms with E-state index in [4.69, 9.17) is 5.73 Å². The van der Waals surface area contributed by atoms with Crippen LogP contribution in [0.4, 0.5) is 0 Å². The van der Waals surface area contributed by atoms with E-state index in [0.717, 1.165) is 5.56 Å². The average molecular weight is 297 g/mol. The fourth-order valence-electron chi connectivity index (χ4n) is 2.41. The molecule has 110 valence electrons. The first-order valence-electron chi connectivity index (χ1n) is 6.42. The van der Waals surface area contributed by atoms with Crippen molar-refractivity contribution < 1.29 is 13.2 Å². The summed E-state index contributed by atoms with van der Waals surface area (Å²) < 4.78 is 25.0. The van der Waals surface area contributed by atoms with E-state index in [1.807, 2.05) is 30.3 Å². The van der Waals surface area contributed by atoms with Crippen LogP contribution >= 0.6 is 0 Å². The van der Waals surface area contributed by atoms with Crippen LogP contribution in [-0.4, -0.2) is 51.2 Å². The van der Waals surface area contributed by atoms with Crippen molar-refractivity contribution in [2.24, 2.45) is 5.73 Å². The van der Waals surface area contributed by atoms with Crippen molar-refractivity contribution in [2.75, 3.05) is 25.9 Å². The number of nitrogens with zero attached hydrogens (tertiary/aromatic N) is 1. The summed E-state index contributed by atoms with van der Waals surface area (Å²) in [6, 6.07) is 9.56. The molecule has 0 saturated carbocycles. The van der Waals surface area contributed by atoms with Gasteiger partial charge in [-0.1, -0.05) is 30.3 Å². The molecule has 1 aromatic carbocycles. The molecule has 6 nitrogen and oxygen atoms in total. The van der Waals surface area contributed by atoms with E-state index >= 15 is 0 Å². The minimum Gasteiger partial charge on any atom is -0.340 e. The highest BCUT2D eigenvalue weighted by Crippen LogP contribution is 2.26. The van der Waals surface area contributed by atoms with Gasteiger partial charge in [-0.2, -0.15) is 0 Å². The number of hydrogen-bond acceptors (Lipinski definition) is 4. The largest absolute Gasteiger partial charge is 0.340 e. The topological polar surface area (TPSA) is 92.5 Å². The zero-order valence-corrected chi connectivity index (χ0v) is 12.1. The van der Waals surface area contributed by atoms with Crippen molar-refractivity contribution >= 4 is 15.9 Å². The second kappa shape index (κ2) is 5.90. The summed E-state index contributed by atoms with van der Waals surface area (Å²) >= 11 is 0. The van der Waals surface area contributed by atoms with Crippen molar-refractivity contribution in [3.8, 4) is 0 Å². The smallest absolute Gasteiger partial charge is 0.239 e. The molecule has 1 aliphatic heterocycles. The standard InChI is InChI=1S/C13H19N3O3S/c1-15-20(18,19)9-13(17)16-7-11(12(14)8-16)10-5-3-2-4-6-10/h2-6,11-12,15H,7-9,14H2,1H3/t11-,12+/m0/s1. The van der Waals surface area contributed by atoms with Crippen molar-refractivity contribution in [2.45, 2.75) is 12.0 Å². The van der Waals surface area contributed by atoms with E-state index in [2.05, 4.69) is 4.72 Å². The number of amides is 1. The molecule has 0 aliphatic carbocycles. The molecule has 7 heteroatoms. The molecule has 1 aliphatic rings. The summed E-state index contributed by atoms with van der Waals surface area (Å²) in [6.07, 6.45) is 0. The Balaban J connectivity index is 2.06. The van der Waals surface area contributed by atoms with Crippen LogP contribution < -0.4 is 10.5 Å². The van der Waals surface area contributed by atoms with E-state index in [1.165, 1.54) is 11.9 Å². The summed E-state index contributed by atoms with van der Waals surface area (Å²) in [5.41, 5.74) is 7.15. The minimum absolute atomic E-state index is 0.0532. The molecule has 0 aromatic heterocycles. The molecular weight excluding hydrogens is 278 g/mol. The summed E-state index contributed by atoms with van der Waals surface area (Å²) in [5, 5.41) is 0. The SMILES string of the molecule is CNS(=O)(=O)CC(=O)N1C[C@@H](N)[C@H](c2ccccc2)C1. The van der Waals surface area contributed by atoms with Gasteiger partial charge in [0.1, 0.15) is 5.75 Å². The molecule has 2 atom stereocenters. The van der Waals surface area contributed by atoms with E-state index in [0.29, 0.717) is 13.1 Å². The number of rotatable bonds is 4. The van der Waals surface area contributed by atoms with Gasteiger partial charge in [-0.05, 0) is 12.6 Å². The lowest BCUT2D eigenvalue weighted by Crippen LogP contribution is -2.38. The third kappa shape index (κ3) is 3.36. The van der Waals surface area contributed by atoms with Gasteiger partial charge in [-0.3, -0.25) is 4.79 Å². The summed E-state index contributed by atoms with van der Waals surface area (Å²) in [6.45, 7) is 0.848. The Morgan fingerprint density at radius 1 is 1.35 bits per heavy atom. The maximum absolute atomic E-state index is 12.0. The first-order chi connectivity index (χ1) is 9.43. The number of carbonyl (C=O) groups excluding carboxylic acids is 1. The number of nitrogens with one attached hydrogen (secondary N) is 1. The van der Waals surface area contributed by atoms with E-state index in [1.54, 1.807) is 0 Å². The van der Waals surface area contributed by atoms with Crippen LogP contribution in [0.1, 0.15) is 11.5 Å². The molecule has 0 radical (unpaired) electrons. The van der Waals surface area contributed by atoms with Crippen LogP contribution in [0.2, 0.25) is 0 Å². The third-order valence-corrected chi connectivity index (χ3v) is 4.82. The highest BCUT2D eigenvalue weighted by atomic mass is 32.2. The molecule has 1 saturated heterocycles. The Hall–Kier alpha value is -1.44. The second-order valence-electron chi connectivity index (χ2n) is 4.94. The Kier molecular flexibility index (Phi) is 4.42. The van der Waals surface area contributed by atoms with Crippen LogP contribution in [0.15, 0.2) is 30.3 Å². The Morgan fingerprint density at radius 2 is 2.00 bits per heavy atom. The minimum atomic E-state index is -3.54. The van der Waals surface area contributed by atoms with E-state index in [-0.39, 0.29) is 12.0 Å². The van der Waals surface area contributed by atoms with Gasteiger partial charge in [0.25, 0.3) is 0 Å². The van der Waals surface area contributed by atoms with Crippen molar-refractivity contribution in [3.05, 3.63) is 35.9 Å². The van der Waals surface area contributed by atoms with Gasteiger partial charge >= 0.3 is 0 Å². The Morgan fingerprint density at radius 3 is 2.60 bits per heavy atom. The highest BCUT2D eigenvalue weighted by molar-refractivity contribution is 7.90. The van der Waals surface area contributed by atoms with Crippen molar-refractivity contribution in [3.63, 3.8) is 0 Å². The maximum atomic E-state index is 12.0. The van der Waals surface area contributed by atoms with E-state index in [9.17, 15) is 13.2 Å². The number of likely N-dealkylation sites (tertiary alicyclic amines) is 1. The number of hydrogen-bond donors (Lipinski definition) is 2. The van der Waals surface area contributed by atoms with Crippen molar-refractivity contribution in [1.82, 2.24) is 9.62 Å². The number of sulfonamides is 1. The van der Waals surface area contributed by atoms with Crippen LogP contribution in [-0.2, 0) is 14.8 Å². The van der Waals surface area contributed by atoms with Crippen LogP contribution in [0.25, 0.3) is 0 Å². The quantitative estimate of drug-likeness (QED) is 0.783. The van der Waals surface area contributed by atoms with Gasteiger partial charge < -0.3 is 10.6 Å². The molecule has 2 rings (SSSR count). The van der Waals surface area contributed by atoms with Crippen LogP contribution in [0.3, 0.4) is 0 Å². The van der Waals surface area contributed by atoms with Gasteiger partial charge in [0.05, 0.1) is 0 Å². The monoisotopic (exact) mass is 297 g/mol. The van der Waals surface area contributed by atoms with Crippen LogP contribution in [0.5, 0.6) is 0 Å². The number of nitrogens with two attached hydrogens (primary N) is 1. The average Bonchev–Trinajstić information content (AvgIpc) is 2.81. The molecule has 1 amide bonds. The highest BCUT2D eigenvalue weighted by Gasteiger charge is 2.34. The Labute approximate surface area is 119 Å². The zero-order chi connectivity index (χ0) is 14.8. The van der Waals surface area contributed by atoms with Gasteiger partial charge in [0.15, 0.2) is 0 Å². The number of benzene rings is 1. The fraction of sp³-hybridized carbons (Fsp3) is 0.462. The normalized spacial score (nSPS) is 23.0. The Bertz CT molecular complexity index is 574. The van der Waals surface area contributed by atoms with E-state index < -0.39 is 21.7 Å². The molecule has 1 fully saturated rings. The zero-order valence-electron chi connectivity index (χ0n) is 11.3. The second-order valence-corrected chi connectivity index (χ2v) is 6.87. The lowest BCUT2D eigenvalue weighted by atomic mass is 9.95. The van der Waals surface area contributed by atoms with Gasteiger partial charge in [0, 0.05) is 25.0 Å². The number of carbonyl (C=O) groups is 1. The predicted molar refractivity (Wildman–Crippen MR) is 76.6 cm³/mol. The third-order valence-electron chi connectivity index (χ3n) is 3.57. The van der Waals surface area contributed by atoms with Gasteiger partial charge in [0.2, 0.25) is 15.9 Å². The van der Waals surface area contributed by atoms with Gasteiger partial charge in [-0.25, -0.2) is 13.1 Å². The summed E-state index contributed by atoms with van der Waals surface area (Å²) in [7, 11) is -2.24.